The van der Waals surface area contributed by atoms with Crippen molar-refractivity contribution in [3.8, 4) is 0 Å². The first-order chi connectivity index (χ1) is 6.09. The monoisotopic (exact) mass is 200 g/mol. The highest BCUT2D eigenvalue weighted by Crippen LogP contribution is 2.14. The second-order valence-corrected chi connectivity index (χ2v) is 3.83. The van der Waals surface area contributed by atoms with Crippen LogP contribution >= 0.6 is 11.3 Å². The van der Waals surface area contributed by atoms with Crippen molar-refractivity contribution in [3.63, 3.8) is 0 Å². The average Bonchev–Trinajstić information content (AvgIpc) is 2.48. The fraction of sp³-hybridized carbons (Fsp3) is 0.375. The molecule has 4 nitrogen and oxygen atoms in total. The lowest BCUT2D eigenvalue weighted by molar-refractivity contribution is 0.0697. The van der Waals surface area contributed by atoms with Gasteiger partial charge in [0.1, 0.15) is 0 Å². The number of nitrogens with one attached hydrogen (secondary N) is 1. The number of hydrogen-bond donors (Lipinski definition) is 2. The molecule has 0 radical (unpaired) electrons. The molecule has 0 unspecified atom stereocenters. The molecule has 0 aliphatic rings. The quantitative estimate of drug-likeness (QED) is 0.712. The number of rotatable bonds is 4. The van der Waals surface area contributed by atoms with E-state index in [2.05, 4.69) is 5.43 Å². The lowest BCUT2D eigenvalue weighted by Crippen LogP contribution is -2.29. The summed E-state index contributed by atoms with van der Waals surface area (Å²) in [5, 5.41) is 12.1. The predicted octanol–water partition coefficient (Wildman–Crippen LogP) is 1.01. The molecule has 0 spiro atoms. The van der Waals surface area contributed by atoms with E-state index in [4.69, 9.17) is 5.11 Å². The molecule has 0 atom stereocenters. The number of aromatic carboxylic acids is 1. The predicted molar refractivity (Wildman–Crippen MR) is 51.8 cm³/mol. The second kappa shape index (κ2) is 4.36. The van der Waals surface area contributed by atoms with Gasteiger partial charge in [-0.25, -0.2) is 4.79 Å². The minimum absolute atomic E-state index is 0.362. The average molecular weight is 200 g/mol. The molecule has 1 aromatic heterocycles. The third-order valence-electron chi connectivity index (χ3n) is 1.47. The number of hydrogen-bond acceptors (Lipinski definition) is 4. The van der Waals surface area contributed by atoms with Gasteiger partial charge in [-0.05, 0) is 6.07 Å². The molecule has 0 aliphatic carbocycles. The van der Waals surface area contributed by atoms with Gasteiger partial charge in [0.05, 0.1) is 5.56 Å². The standard InChI is InChI=1S/C8H12N2O2S/c1-10(2)9-4-7-3-6(5-13-7)8(11)12/h3,5,9H,4H2,1-2H3,(H,11,12). The summed E-state index contributed by atoms with van der Waals surface area (Å²) in [5.74, 6) is -0.868. The normalized spacial score (nSPS) is 10.7. The van der Waals surface area contributed by atoms with Crippen molar-refractivity contribution in [2.75, 3.05) is 14.1 Å². The Morgan fingerprint density at radius 2 is 2.38 bits per heavy atom. The van der Waals surface area contributed by atoms with Gasteiger partial charge in [-0.1, -0.05) is 0 Å². The number of carboxylic acids is 1. The van der Waals surface area contributed by atoms with Gasteiger partial charge in [-0.15, -0.1) is 11.3 Å². The Hall–Kier alpha value is -0.910. The Balaban J connectivity index is 2.54. The summed E-state index contributed by atoms with van der Waals surface area (Å²) in [6, 6.07) is 1.68. The first kappa shape index (κ1) is 10.2. The number of carboxylic acid groups (broad SMARTS) is 1. The number of thiophene rings is 1. The molecule has 5 heteroatoms. The van der Waals surface area contributed by atoms with E-state index in [0.29, 0.717) is 12.1 Å². The fourth-order valence-corrected chi connectivity index (χ4v) is 1.61. The minimum atomic E-state index is -0.868. The lowest BCUT2D eigenvalue weighted by Gasteiger charge is -2.09. The zero-order valence-corrected chi connectivity index (χ0v) is 8.39. The highest BCUT2D eigenvalue weighted by atomic mass is 32.1. The highest BCUT2D eigenvalue weighted by Gasteiger charge is 2.05. The second-order valence-electron chi connectivity index (χ2n) is 2.84. The summed E-state index contributed by atoms with van der Waals surface area (Å²) in [7, 11) is 3.79. The first-order valence-electron chi connectivity index (χ1n) is 3.81. The third kappa shape index (κ3) is 3.14. The van der Waals surface area contributed by atoms with Crippen LogP contribution in [0.25, 0.3) is 0 Å². The van der Waals surface area contributed by atoms with E-state index in [-0.39, 0.29) is 0 Å². The van der Waals surface area contributed by atoms with Gasteiger partial charge >= 0.3 is 5.97 Å². The maximum absolute atomic E-state index is 10.5. The number of carbonyl (C=O) groups is 1. The van der Waals surface area contributed by atoms with E-state index in [9.17, 15) is 4.79 Å². The van der Waals surface area contributed by atoms with Crippen molar-refractivity contribution in [2.24, 2.45) is 0 Å². The zero-order valence-electron chi connectivity index (χ0n) is 7.57. The van der Waals surface area contributed by atoms with Gasteiger partial charge in [0.15, 0.2) is 0 Å². The summed E-state index contributed by atoms with van der Waals surface area (Å²) >= 11 is 1.45. The minimum Gasteiger partial charge on any atom is -0.478 e. The van der Waals surface area contributed by atoms with Gasteiger partial charge in [0.25, 0.3) is 0 Å². The molecule has 1 rings (SSSR count). The van der Waals surface area contributed by atoms with Crippen LogP contribution in [0.3, 0.4) is 0 Å². The smallest absolute Gasteiger partial charge is 0.336 e. The summed E-state index contributed by atoms with van der Waals surface area (Å²) in [6.45, 7) is 0.672. The van der Waals surface area contributed by atoms with E-state index in [0.717, 1.165) is 4.88 Å². The lowest BCUT2D eigenvalue weighted by atomic mass is 10.3. The van der Waals surface area contributed by atoms with Crippen molar-refractivity contribution in [2.45, 2.75) is 6.54 Å². The van der Waals surface area contributed by atoms with E-state index in [1.54, 1.807) is 11.4 Å². The van der Waals surface area contributed by atoms with Crippen molar-refractivity contribution < 1.29 is 9.90 Å². The Labute approximate surface area is 80.8 Å². The van der Waals surface area contributed by atoms with Crippen LogP contribution < -0.4 is 5.43 Å². The van der Waals surface area contributed by atoms with Crippen LogP contribution in [0, 0.1) is 0 Å². The molecule has 0 amide bonds. The molecule has 0 saturated carbocycles. The summed E-state index contributed by atoms with van der Waals surface area (Å²) in [6.07, 6.45) is 0. The maximum atomic E-state index is 10.5. The maximum Gasteiger partial charge on any atom is 0.336 e. The first-order valence-corrected chi connectivity index (χ1v) is 4.69. The van der Waals surface area contributed by atoms with Crippen LogP contribution in [0.5, 0.6) is 0 Å². The van der Waals surface area contributed by atoms with Crippen molar-refractivity contribution in [3.05, 3.63) is 21.9 Å². The van der Waals surface area contributed by atoms with Crippen LogP contribution in [-0.4, -0.2) is 30.2 Å². The van der Waals surface area contributed by atoms with Crippen molar-refractivity contribution in [1.82, 2.24) is 10.4 Å². The zero-order chi connectivity index (χ0) is 9.84. The van der Waals surface area contributed by atoms with Gasteiger partial charge in [0.2, 0.25) is 0 Å². The van der Waals surface area contributed by atoms with Gasteiger partial charge in [0, 0.05) is 30.9 Å². The molecule has 2 N–H and O–H groups in total. The molecule has 1 aromatic rings. The third-order valence-corrected chi connectivity index (χ3v) is 2.41. The molecule has 1 heterocycles. The van der Waals surface area contributed by atoms with E-state index in [1.165, 1.54) is 11.3 Å². The van der Waals surface area contributed by atoms with Crippen LogP contribution in [0.4, 0.5) is 0 Å². The summed E-state index contributed by atoms with van der Waals surface area (Å²) in [4.78, 5) is 11.5. The number of hydrazine groups is 1. The number of nitrogens with zero attached hydrogens (tertiary/aromatic N) is 1. The molecule has 0 aliphatic heterocycles. The molecule has 0 fully saturated rings. The van der Waals surface area contributed by atoms with Gasteiger partial charge in [-0.3, -0.25) is 10.4 Å². The Morgan fingerprint density at radius 3 is 2.85 bits per heavy atom. The van der Waals surface area contributed by atoms with E-state index in [1.807, 2.05) is 19.1 Å². The van der Waals surface area contributed by atoms with Crippen LogP contribution in [0.15, 0.2) is 11.4 Å². The largest absolute Gasteiger partial charge is 0.478 e. The van der Waals surface area contributed by atoms with Crippen LogP contribution in [0.1, 0.15) is 15.2 Å². The van der Waals surface area contributed by atoms with Crippen LogP contribution in [-0.2, 0) is 6.54 Å². The van der Waals surface area contributed by atoms with Crippen molar-refractivity contribution >= 4 is 17.3 Å². The highest BCUT2D eigenvalue weighted by molar-refractivity contribution is 7.10. The van der Waals surface area contributed by atoms with Gasteiger partial charge in [-0.2, -0.15) is 0 Å². The molecule has 0 aromatic carbocycles. The van der Waals surface area contributed by atoms with Crippen molar-refractivity contribution in [1.29, 1.82) is 0 Å². The fourth-order valence-electron chi connectivity index (χ4n) is 0.822. The Bertz CT molecular complexity index is 296. The summed E-state index contributed by atoms with van der Waals surface area (Å²) in [5.41, 5.74) is 3.43. The summed E-state index contributed by atoms with van der Waals surface area (Å²) < 4.78 is 0. The molecular weight excluding hydrogens is 188 g/mol. The Morgan fingerprint density at radius 1 is 1.69 bits per heavy atom. The van der Waals surface area contributed by atoms with Gasteiger partial charge < -0.3 is 5.11 Å². The molecule has 0 bridgehead atoms. The Kier molecular flexibility index (Phi) is 3.41. The molecule has 72 valence electrons. The van der Waals surface area contributed by atoms with E-state index < -0.39 is 5.97 Å². The van der Waals surface area contributed by atoms with Crippen LogP contribution in [0.2, 0.25) is 0 Å². The topological polar surface area (TPSA) is 52.6 Å². The van der Waals surface area contributed by atoms with E-state index >= 15 is 0 Å². The molecular formula is C8H12N2O2S. The SMILES string of the molecule is CN(C)NCc1cc(C(=O)O)cs1. The molecule has 0 saturated heterocycles. The molecule has 13 heavy (non-hydrogen) atoms.